The van der Waals surface area contributed by atoms with Gasteiger partial charge in [-0.05, 0) is 61.0 Å². The number of benzene rings is 2. The van der Waals surface area contributed by atoms with E-state index in [-0.39, 0.29) is 11.9 Å². The number of nitrogens with one attached hydrogen (secondary N) is 1. The highest BCUT2D eigenvalue weighted by Crippen LogP contribution is 2.27. The maximum Gasteiger partial charge on any atom is 0.123 e. The minimum Gasteiger partial charge on any atom is -0.309 e. The number of hydrogen-bond acceptors (Lipinski definition) is 2. The third kappa shape index (κ3) is 4.83. The standard InChI is InChI=1S/C17H19BrFNS/c1-3-20-17(16-9-6-14(19)10-12(16)2)11-21-15-7-4-13(18)5-8-15/h4-10,17,20H,3,11H2,1-2H3. The van der Waals surface area contributed by atoms with Crippen molar-refractivity contribution in [3.63, 3.8) is 0 Å². The monoisotopic (exact) mass is 367 g/mol. The molecule has 0 bridgehead atoms. The normalized spacial score (nSPS) is 12.4. The Morgan fingerprint density at radius 2 is 1.90 bits per heavy atom. The molecule has 0 fully saturated rings. The average molecular weight is 368 g/mol. The first-order valence-electron chi connectivity index (χ1n) is 6.98. The molecule has 21 heavy (non-hydrogen) atoms. The predicted molar refractivity (Wildman–Crippen MR) is 92.4 cm³/mol. The molecule has 1 unspecified atom stereocenters. The lowest BCUT2D eigenvalue weighted by Crippen LogP contribution is -2.23. The molecule has 112 valence electrons. The van der Waals surface area contributed by atoms with Gasteiger partial charge in [-0.25, -0.2) is 4.39 Å². The lowest BCUT2D eigenvalue weighted by Gasteiger charge is -2.20. The van der Waals surface area contributed by atoms with Crippen LogP contribution in [0, 0.1) is 12.7 Å². The third-order valence-corrected chi connectivity index (χ3v) is 4.92. The molecule has 0 radical (unpaired) electrons. The lowest BCUT2D eigenvalue weighted by atomic mass is 10.0. The summed E-state index contributed by atoms with van der Waals surface area (Å²) < 4.78 is 14.3. The van der Waals surface area contributed by atoms with Gasteiger partial charge in [0.1, 0.15) is 5.82 Å². The number of halogens is 2. The van der Waals surface area contributed by atoms with Crippen LogP contribution < -0.4 is 5.32 Å². The van der Waals surface area contributed by atoms with Crippen LogP contribution in [0.1, 0.15) is 24.1 Å². The molecule has 0 spiro atoms. The molecule has 1 N–H and O–H groups in total. The van der Waals surface area contributed by atoms with Crippen LogP contribution in [0.2, 0.25) is 0 Å². The van der Waals surface area contributed by atoms with Gasteiger partial charge in [-0.15, -0.1) is 11.8 Å². The molecule has 0 saturated heterocycles. The van der Waals surface area contributed by atoms with Gasteiger partial charge < -0.3 is 5.32 Å². The van der Waals surface area contributed by atoms with Gasteiger partial charge in [-0.3, -0.25) is 0 Å². The molecular formula is C17H19BrFNS. The van der Waals surface area contributed by atoms with Crippen LogP contribution in [-0.4, -0.2) is 12.3 Å². The molecule has 0 aliphatic rings. The topological polar surface area (TPSA) is 12.0 Å². The highest BCUT2D eigenvalue weighted by Gasteiger charge is 2.13. The van der Waals surface area contributed by atoms with E-state index in [0.717, 1.165) is 22.3 Å². The summed E-state index contributed by atoms with van der Waals surface area (Å²) >= 11 is 5.25. The zero-order valence-corrected chi connectivity index (χ0v) is 14.6. The first-order chi connectivity index (χ1) is 10.1. The molecule has 2 aromatic carbocycles. The van der Waals surface area contributed by atoms with Crippen molar-refractivity contribution in [1.82, 2.24) is 5.32 Å². The fourth-order valence-corrected chi connectivity index (χ4v) is 3.49. The van der Waals surface area contributed by atoms with Gasteiger partial charge in [0.15, 0.2) is 0 Å². The summed E-state index contributed by atoms with van der Waals surface area (Å²) in [5.74, 6) is 0.745. The summed E-state index contributed by atoms with van der Waals surface area (Å²) in [6.45, 7) is 4.95. The highest BCUT2D eigenvalue weighted by atomic mass is 79.9. The van der Waals surface area contributed by atoms with E-state index in [9.17, 15) is 4.39 Å². The molecule has 1 atom stereocenters. The molecule has 0 aliphatic carbocycles. The van der Waals surface area contributed by atoms with E-state index in [0.29, 0.717) is 0 Å². The van der Waals surface area contributed by atoms with Crippen molar-refractivity contribution >= 4 is 27.7 Å². The summed E-state index contributed by atoms with van der Waals surface area (Å²) in [6.07, 6.45) is 0. The van der Waals surface area contributed by atoms with Crippen LogP contribution in [0.15, 0.2) is 51.8 Å². The highest BCUT2D eigenvalue weighted by molar-refractivity contribution is 9.10. The Morgan fingerprint density at radius 1 is 1.19 bits per heavy atom. The van der Waals surface area contributed by atoms with Crippen LogP contribution in [0.25, 0.3) is 0 Å². The summed E-state index contributed by atoms with van der Waals surface area (Å²) in [6, 6.07) is 13.6. The molecular weight excluding hydrogens is 349 g/mol. The lowest BCUT2D eigenvalue weighted by molar-refractivity contribution is 0.594. The van der Waals surface area contributed by atoms with Crippen molar-refractivity contribution in [2.75, 3.05) is 12.3 Å². The van der Waals surface area contributed by atoms with Crippen LogP contribution >= 0.6 is 27.7 Å². The molecule has 1 nitrogen and oxygen atoms in total. The van der Waals surface area contributed by atoms with Gasteiger partial charge in [0, 0.05) is 21.2 Å². The smallest absolute Gasteiger partial charge is 0.123 e. The molecule has 0 amide bonds. The van der Waals surface area contributed by atoms with Crippen molar-refractivity contribution in [3.05, 3.63) is 63.9 Å². The van der Waals surface area contributed by atoms with Gasteiger partial charge in [-0.1, -0.05) is 28.9 Å². The van der Waals surface area contributed by atoms with Crippen molar-refractivity contribution < 1.29 is 4.39 Å². The number of thioether (sulfide) groups is 1. The SMILES string of the molecule is CCNC(CSc1ccc(Br)cc1)c1ccc(F)cc1C. The minimum absolute atomic E-state index is 0.174. The maximum absolute atomic E-state index is 13.3. The van der Waals surface area contributed by atoms with E-state index in [2.05, 4.69) is 40.3 Å². The van der Waals surface area contributed by atoms with Gasteiger partial charge >= 0.3 is 0 Å². The summed E-state index contributed by atoms with van der Waals surface area (Å²) in [5, 5.41) is 3.49. The van der Waals surface area contributed by atoms with Gasteiger partial charge in [0.2, 0.25) is 0 Å². The Labute approximate surface area is 138 Å². The second-order valence-corrected chi connectivity index (χ2v) is 6.89. The van der Waals surface area contributed by atoms with E-state index in [1.165, 1.54) is 16.5 Å². The van der Waals surface area contributed by atoms with Crippen molar-refractivity contribution in [2.45, 2.75) is 24.8 Å². The van der Waals surface area contributed by atoms with E-state index in [1.54, 1.807) is 6.07 Å². The molecule has 2 aromatic rings. The zero-order chi connectivity index (χ0) is 15.2. The van der Waals surface area contributed by atoms with Crippen LogP contribution in [0.4, 0.5) is 4.39 Å². The maximum atomic E-state index is 13.3. The Kier molecular flexibility index (Phi) is 6.27. The second-order valence-electron chi connectivity index (χ2n) is 4.88. The van der Waals surface area contributed by atoms with Gasteiger partial charge in [-0.2, -0.15) is 0 Å². The van der Waals surface area contributed by atoms with Gasteiger partial charge in [0.05, 0.1) is 0 Å². The molecule has 4 heteroatoms. The minimum atomic E-state index is -0.174. The zero-order valence-electron chi connectivity index (χ0n) is 12.2. The van der Waals surface area contributed by atoms with E-state index >= 15 is 0 Å². The summed E-state index contributed by atoms with van der Waals surface area (Å²) in [5.41, 5.74) is 2.17. The fourth-order valence-electron chi connectivity index (χ4n) is 2.25. The van der Waals surface area contributed by atoms with Crippen molar-refractivity contribution in [2.24, 2.45) is 0 Å². The molecule has 0 heterocycles. The Morgan fingerprint density at radius 3 is 2.52 bits per heavy atom. The number of aryl methyl sites for hydroxylation is 1. The number of hydrogen-bond donors (Lipinski definition) is 1. The number of rotatable bonds is 6. The van der Waals surface area contributed by atoms with Crippen LogP contribution in [-0.2, 0) is 0 Å². The molecule has 0 aromatic heterocycles. The largest absolute Gasteiger partial charge is 0.309 e. The first kappa shape index (κ1) is 16.5. The fraction of sp³-hybridized carbons (Fsp3) is 0.294. The quantitative estimate of drug-likeness (QED) is 0.691. The van der Waals surface area contributed by atoms with E-state index in [4.69, 9.17) is 0 Å². The van der Waals surface area contributed by atoms with Crippen LogP contribution in [0.5, 0.6) is 0 Å². The molecule has 0 saturated carbocycles. The Bertz CT molecular complexity index is 586. The summed E-state index contributed by atoms with van der Waals surface area (Å²) in [4.78, 5) is 1.24. The molecule has 2 rings (SSSR count). The van der Waals surface area contributed by atoms with Gasteiger partial charge in [0.25, 0.3) is 0 Å². The van der Waals surface area contributed by atoms with E-state index < -0.39 is 0 Å². The van der Waals surface area contributed by atoms with E-state index in [1.807, 2.05) is 36.9 Å². The Balaban J connectivity index is 2.09. The average Bonchev–Trinajstić information content (AvgIpc) is 2.46. The predicted octanol–water partition coefficient (Wildman–Crippen LogP) is 5.34. The first-order valence-corrected chi connectivity index (χ1v) is 8.76. The summed E-state index contributed by atoms with van der Waals surface area (Å²) in [7, 11) is 0. The second kappa shape index (κ2) is 7.97. The van der Waals surface area contributed by atoms with Crippen molar-refractivity contribution in [3.8, 4) is 0 Å². The Hall–Kier alpha value is -0.840. The third-order valence-electron chi connectivity index (χ3n) is 3.29. The molecule has 0 aliphatic heterocycles. The van der Waals surface area contributed by atoms with Crippen molar-refractivity contribution in [1.29, 1.82) is 0 Å². The van der Waals surface area contributed by atoms with Crippen LogP contribution in [0.3, 0.4) is 0 Å².